The van der Waals surface area contributed by atoms with Gasteiger partial charge < -0.3 is 10.4 Å². The monoisotopic (exact) mass is 393 g/mol. The fourth-order valence-electron chi connectivity index (χ4n) is 4.10. The number of benzene rings is 2. The second-order valence-corrected chi connectivity index (χ2v) is 7.90. The summed E-state index contributed by atoms with van der Waals surface area (Å²) in [6, 6.07) is 14.0. The molecule has 2 heterocycles. The highest BCUT2D eigenvalue weighted by Gasteiger charge is 2.31. The topological polar surface area (TPSA) is 72.9 Å². The number of nitrogens with zero attached hydrogens (tertiary/aromatic N) is 2. The highest BCUT2D eigenvalue weighted by Crippen LogP contribution is 2.28. The van der Waals surface area contributed by atoms with Crippen LogP contribution < -0.4 is 15.1 Å². The predicted octanol–water partition coefficient (Wildman–Crippen LogP) is 3.08. The molecule has 0 spiro atoms. The fraction of sp³-hybridized carbons (Fsp3) is 0.391. The maximum absolute atomic E-state index is 13.1. The number of hydrogen-bond acceptors (Lipinski definition) is 3. The van der Waals surface area contributed by atoms with Gasteiger partial charge in [-0.1, -0.05) is 25.1 Å². The Kier molecular flexibility index (Phi) is 5.53. The lowest BCUT2D eigenvalue weighted by Crippen LogP contribution is -2.31. The van der Waals surface area contributed by atoms with Crippen LogP contribution in [0.15, 0.2) is 42.5 Å². The molecule has 0 bridgehead atoms. The van der Waals surface area contributed by atoms with Crippen LogP contribution in [0.5, 0.6) is 0 Å². The number of amides is 2. The highest BCUT2D eigenvalue weighted by molar-refractivity contribution is 6.06. The smallest absolute Gasteiger partial charge is 0.329 e. The molecule has 2 N–H and O–H groups in total. The van der Waals surface area contributed by atoms with E-state index in [1.807, 2.05) is 29.2 Å². The van der Waals surface area contributed by atoms with E-state index in [9.17, 15) is 9.59 Å². The summed E-state index contributed by atoms with van der Waals surface area (Å²) in [4.78, 5) is 27.7. The van der Waals surface area contributed by atoms with Crippen molar-refractivity contribution in [3.63, 3.8) is 0 Å². The molecule has 6 nitrogen and oxygen atoms in total. The van der Waals surface area contributed by atoms with Gasteiger partial charge in [-0.3, -0.25) is 14.6 Å². The van der Waals surface area contributed by atoms with E-state index >= 15 is 0 Å². The van der Waals surface area contributed by atoms with Crippen LogP contribution in [-0.4, -0.2) is 43.3 Å². The van der Waals surface area contributed by atoms with Gasteiger partial charge in [0.2, 0.25) is 0 Å². The molecule has 0 aromatic heterocycles. The van der Waals surface area contributed by atoms with Gasteiger partial charge in [-0.15, -0.1) is 0 Å². The van der Waals surface area contributed by atoms with Crippen LogP contribution in [0.25, 0.3) is 0 Å². The third kappa shape index (κ3) is 4.12. The fourth-order valence-corrected chi connectivity index (χ4v) is 4.10. The Morgan fingerprint density at radius 1 is 1.00 bits per heavy atom. The van der Waals surface area contributed by atoms with Crippen molar-refractivity contribution >= 4 is 23.4 Å². The average Bonchev–Trinajstić information content (AvgIpc) is 2.95. The van der Waals surface area contributed by atoms with Crippen LogP contribution in [0, 0.1) is 5.92 Å². The lowest BCUT2D eigenvalue weighted by Gasteiger charge is -2.20. The van der Waals surface area contributed by atoms with Crippen molar-refractivity contribution < 1.29 is 14.7 Å². The quantitative estimate of drug-likeness (QED) is 0.819. The molecular weight excluding hydrogens is 366 g/mol. The van der Waals surface area contributed by atoms with Gasteiger partial charge >= 0.3 is 12.0 Å². The van der Waals surface area contributed by atoms with Gasteiger partial charge in [0.15, 0.2) is 0 Å². The zero-order chi connectivity index (χ0) is 20.4. The summed E-state index contributed by atoms with van der Waals surface area (Å²) < 4.78 is 0. The van der Waals surface area contributed by atoms with Gasteiger partial charge in [-0.25, -0.2) is 4.79 Å². The van der Waals surface area contributed by atoms with Gasteiger partial charge in [0.1, 0.15) is 0 Å². The SMILES string of the molecule is CC(Cc1ccc(N2CCN(c3ccc4c(c3)CCNCC4)C2=O)cc1)C(=O)O. The molecule has 4 rings (SSSR count). The molecule has 1 atom stereocenters. The Balaban J connectivity index is 1.48. The molecule has 6 heteroatoms. The van der Waals surface area contributed by atoms with Crippen LogP contribution in [-0.2, 0) is 24.1 Å². The lowest BCUT2D eigenvalue weighted by atomic mass is 10.0. The van der Waals surface area contributed by atoms with Crippen LogP contribution >= 0.6 is 0 Å². The van der Waals surface area contributed by atoms with Crippen molar-refractivity contribution in [1.82, 2.24) is 5.32 Å². The molecule has 2 aromatic rings. The standard InChI is InChI=1S/C23H27N3O3/c1-16(22(27)28)14-17-2-5-20(6-3-17)25-12-13-26(23(25)29)21-7-4-18-8-10-24-11-9-19(18)15-21/h2-7,15-16,24H,8-14H2,1H3,(H,27,28). The van der Waals surface area contributed by atoms with Crippen LogP contribution in [0.3, 0.4) is 0 Å². The van der Waals surface area contributed by atoms with Crippen molar-refractivity contribution in [3.05, 3.63) is 59.2 Å². The Morgan fingerprint density at radius 2 is 1.62 bits per heavy atom. The van der Waals surface area contributed by atoms with E-state index in [1.165, 1.54) is 11.1 Å². The number of aliphatic carboxylic acids is 1. The van der Waals surface area contributed by atoms with E-state index in [0.717, 1.165) is 42.9 Å². The van der Waals surface area contributed by atoms with E-state index < -0.39 is 11.9 Å². The summed E-state index contributed by atoms with van der Waals surface area (Å²) in [5.41, 5.74) is 5.48. The van der Waals surface area contributed by atoms with Crippen LogP contribution in [0.1, 0.15) is 23.6 Å². The first-order valence-corrected chi connectivity index (χ1v) is 10.3. The molecule has 2 aromatic carbocycles. The second-order valence-electron chi connectivity index (χ2n) is 7.90. The number of anilines is 2. The molecule has 152 valence electrons. The minimum atomic E-state index is -0.795. The zero-order valence-corrected chi connectivity index (χ0v) is 16.7. The number of carbonyl (C=O) groups excluding carboxylic acids is 1. The van der Waals surface area contributed by atoms with Gasteiger partial charge in [0.25, 0.3) is 0 Å². The number of carboxylic acids is 1. The van der Waals surface area contributed by atoms with Gasteiger partial charge in [-0.05, 0) is 73.3 Å². The Bertz CT molecular complexity index is 910. The summed E-state index contributed by atoms with van der Waals surface area (Å²) in [5, 5.41) is 12.5. The van der Waals surface area contributed by atoms with E-state index in [2.05, 4.69) is 23.5 Å². The number of fused-ring (bicyclic) bond motifs is 1. The van der Waals surface area contributed by atoms with E-state index in [4.69, 9.17) is 5.11 Å². The van der Waals surface area contributed by atoms with Crippen molar-refractivity contribution in [2.24, 2.45) is 5.92 Å². The Morgan fingerprint density at radius 3 is 2.31 bits per heavy atom. The molecule has 2 aliphatic rings. The summed E-state index contributed by atoms with van der Waals surface area (Å²) >= 11 is 0. The molecule has 1 saturated heterocycles. The number of nitrogens with one attached hydrogen (secondary N) is 1. The second kappa shape index (κ2) is 8.25. The van der Waals surface area contributed by atoms with Gasteiger partial charge in [0.05, 0.1) is 5.92 Å². The van der Waals surface area contributed by atoms with Crippen molar-refractivity contribution in [1.29, 1.82) is 0 Å². The minimum absolute atomic E-state index is 0.0108. The third-order valence-electron chi connectivity index (χ3n) is 5.86. The van der Waals surface area contributed by atoms with Crippen molar-refractivity contribution in [2.75, 3.05) is 36.0 Å². The third-order valence-corrected chi connectivity index (χ3v) is 5.86. The number of urea groups is 1. The Hall–Kier alpha value is -2.86. The molecule has 29 heavy (non-hydrogen) atoms. The van der Waals surface area contributed by atoms with Crippen LogP contribution in [0.2, 0.25) is 0 Å². The van der Waals surface area contributed by atoms with Crippen LogP contribution in [0.4, 0.5) is 16.2 Å². The first kappa shape index (κ1) is 19.5. The van der Waals surface area contributed by atoms with E-state index in [0.29, 0.717) is 19.5 Å². The maximum Gasteiger partial charge on any atom is 0.329 e. The number of carbonyl (C=O) groups is 2. The summed E-state index contributed by atoms with van der Waals surface area (Å²) in [5.74, 6) is -1.22. The van der Waals surface area contributed by atoms with Crippen molar-refractivity contribution in [3.8, 4) is 0 Å². The largest absolute Gasteiger partial charge is 0.481 e. The molecule has 2 aliphatic heterocycles. The molecule has 1 unspecified atom stereocenters. The predicted molar refractivity (Wildman–Crippen MR) is 114 cm³/mol. The number of rotatable bonds is 5. The summed E-state index contributed by atoms with van der Waals surface area (Å²) in [7, 11) is 0. The highest BCUT2D eigenvalue weighted by atomic mass is 16.4. The number of hydrogen-bond donors (Lipinski definition) is 2. The number of carboxylic acid groups (broad SMARTS) is 1. The van der Waals surface area contributed by atoms with Gasteiger partial charge in [0, 0.05) is 24.5 Å². The average molecular weight is 393 g/mol. The normalized spacial score (nSPS) is 17.8. The summed E-state index contributed by atoms with van der Waals surface area (Å²) in [6.07, 6.45) is 2.51. The molecule has 0 aliphatic carbocycles. The molecule has 0 saturated carbocycles. The first-order chi connectivity index (χ1) is 14.0. The molecule has 2 amide bonds. The Labute approximate surface area is 171 Å². The zero-order valence-electron chi connectivity index (χ0n) is 16.7. The van der Waals surface area contributed by atoms with Gasteiger partial charge in [-0.2, -0.15) is 0 Å². The molecule has 0 radical (unpaired) electrons. The molecular formula is C23H27N3O3. The van der Waals surface area contributed by atoms with Crippen molar-refractivity contribution in [2.45, 2.75) is 26.2 Å². The molecule has 1 fully saturated rings. The summed E-state index contributed by atoms with van der Waals surface area (Å²) in [6.45, 7) is 4.98. The maximum atomic E-state index is 13.1. The lowest BCUT2D eigenvalue weighted by molar-refractivity contribution is -0.141. The first-order valence-electron chi connectivity index (χ1n) is 10.3. The van der Waals surface area contributed by atoms with E-state index in [1.54, 1.807) is 11.8 Å². The minimum Gasteiger partial charge on any atom is -0.481 e. The van der Waals surface area contributed by atoms with E-state index in [-0.39, 0.29) is 6.03 Å².